The third kappa shape index (κ3) is 3.08. The lowest BCUT2D eigenvalue weighted by Gasteiger charge is -2.26. The van der Waals surface area contributed by atoms with Crippen LogP contribution < -0.4 is 4.74 Å². The third-order valence-corrected chi connectivity index (χ3v) is 4.88. The second-order valence-corrected chi connectivity index (χ2v) is 6.65. The van der Waals surface area contributed by atoms with Crippen LogP contribution in [0.1, 0.15) is 22.3 Å². The van der Waals surface area contributed by atoms with Crippen molar-refractivity contribution in [3.63, 3.8) is 0 Å². The van der Waals surface area contributed by atoms with Crippen LogP contribution in [-0.2, 0) is 0 Å². The third-order valence-electron chi connectivity index (χ3n) is 4.88. The van der Waals surface area contributed by atoms with Crippen LogP contribution in [0.4, 0.5) is 17.6 Å². The fourth-order valence-corrected chi connectivity index (χ4v) is 3.39. The number of hydrogen-bond donors (Lipinski definition) is 2. The first-order valence-corrected chi connectivity index (χ1v) is 8.60. The first-order valence-electron chi connectivity index (χ1n) is 8.60. The van der Waals surface area contributed by atoms with E-state index in [1.165, 1.54) is 18.2 Å². The number of ether oxygens (including phenoxy) is 1. The highest BCUT2D eigenvalue weighted by atomic mass is 19.2. The van der Waals surface area contributed by atoms with Gasteiger partial charge in [-0.2, -0.15) is 0 Å². The van der Waals surface area contributed by atoms with E-state index in [-0.39, 0.29) is 17.9 Å². The maximum atomic E-state index is 14.1. The molecule has 7 heteroatoms. The van der Waals surface area contributed by atoms with Crippen LogP contribution in [0.25, 0.3) is 11.1 Å². The van der Waals surface area contributed by atoms with Crippen molar-refractivity contribution in [3.05, 3.63) is 88.0 Å². The normalized spacial score (nSPS) is 13.3. The molecule has 0 atom stereocenters. The molecule has 0 aliphatic carbocycles. The highest BCUT2D eigenvalue weighted by Crippen LogP contribution is 2.45. The number of rotatable bonds is 2. The zero-order valence-corrected chi connectivity index (χ0v) is 15.1. The van der Waals surface area contributed by atoms with Gasteiger partial charge in [-0.25, -0.2) is 17.6 Å². The summed E-state index contributed by atoms with van der Waals surface area (Å²) in [7, 11) is 0. The Balaban J connectivity index is 2.05. The van der Waals surface area contributed by atoms with Gasteiger partial charge in [0.15, 0.2) is 29.0 Å². The molecule has 0 saturated heterocycles. The minimum atomic E-state index is -1.59. The van der Waals surface area contributed by atoms with E-state index in [9.17, 15) is 27.8 Å². The maximum Gasteiger partial charge on any atom is 0.194 e. The number of phenols is 2. The summed E-state index contributed by atoms with van der Waals surface area (Å²) >= 11 is 0. The Morgan fingerprint density at radius 1 is 0.793 bits per heavy atom. The Morgan fingerprint density at radius 2 is 1.41 bits per heavy atom. The van der Waals surface area contributed by atoms with Crippen LogP contribution in [0.5, 0.6) is 17.2 Å². The van der Waals surface area contributed by atoms with Crippen LogP contribution in [0, 0.1) is 30.2 Å². The monoisotopic (exact) mass is 402 g/mol. The molecule has 3 aromatic rings. The van der Waals surface area contributed by atoms with Crippen LogP contribution in [0.2, 0.25) is 0 Å². The predicted molar refractivity (Wildman–Crippen MR) is 98.6 cm³/mol. The van der Waals surface area contributed by atoms with Crippen LogP contribution in [0.3, 0.4) is 0 Å². The molecule has 3 nitrogen and oxygen atoms in total. The van der Waals surface area contributed by atoms with E-state index in [1.54, 1.807) is 6.92 Å². The molecule has 0 amide bonds. The summed E-state index contributed by atoms with van der Waals surface area (Å²) in [5.74, 6) is -5.43. The lowest BCUT2D eigenvalue weighted by atomic mass is 9.86. The summed E-state index contributed by atoms with van der Waals surface area (Å²) in [6.45, 7) is 1.48. The van der Waals surface area contributed by atoms with Crippen molar-refractivity contribution in [1.29, 1.82) is 0 Å². The molecule has 0 fully saturated rings. The molecule has 1 aliphatic rings. The summed E-state index contributed by atoms with van der Waals surface area (Å²) < 4.78 is 60.9. The molecule has 0 saturated carbocycles. The van der Waals surface area contributed by atoms with Gasteiger partial charge in [-0.15, -0.1) is 0 Å². The number of halogens is 4. The van der Waals surface area contributed by atoms with Crippen molar-refractivity contribution in [3.8, 4) is 17.2 Å². The molecular weight excluding hydrogens is 388 g/mol. The summed E-state index contributed by atoms with van der Waals surface area (Å²) in [6, 6.07) is 8.32. The van der Waals surface area contributed by atoms with Gasteiger partial charge in [0.1, 0.15) is 18.1 Å². The average Bonchev–Trinajstić information content (AvgIpc) is 2.70. The highest BCUT2D eigenvalue weighted by Gasteiger charge is 2.27. The molecule has 3 aromatic carbocycles. The Morgan fingerprint density at radius 3 is 2.07 bits per heavy atom. The minimum absolute atomic E-state index is 0.0118. The van der Waals surface area contributed by atoms with Crippen molar-refractivity contribution < 1.29 is 32.5 Å². The molecule has 1 aliphatic heterocycles. The molecule has 0 aromatic heterocycles. The number of hydrogen-bond acceptors (Lipinski definition) is 3. The van der Waals surface area contributed by atoms with Crippen molar-refractivity contribution in [2.45, 2.75) is 6.92 Å². The molecule has 0 unspecified atom stereocenters. The average molecular weight is 402 g/mol. The molecule has 4 rings (SSSR count). The van der Waals surface area contributed by atoms with E-state index < -0.39 is 29.0 Å². The molecule has 2 N–H and O–H groups in total. The molecule has 29 heavy (non-hydrogen) atoms. The molecule has 0 bridgehead atoms. The first-order chi connectivity index (χ1) is 13.8. The number of phenolic OH excluding ortho intramolecular Hbond substituents is 2. The van der Waals surface area contributed by atoms with E-state index in [4.69, 9.17) is 4.74 Å². The quantitative estimate of drug-likeness (QED) is 0.451. The number of benzene rings is 3. The topological polar surface area (TPSA) is 49.7 Å². The molecule has 1 heterocycles. The Kier molecular flexibility index (Phi) is 4.45. The number of fused-ring (bicyclic) bond motifs is 1. The lowest BCUT2D eigenvalue weighted by molar-refractivity contribution is 0.357. The summed E-state index contributed by atoms with van der Waals surface area (Å²) in [6.07, 6.45) is 0. The smallest absolute Gasteiger partial charge is 0.194 e. The van der Waals surface area contributed by atoms with Gasteiger partial charge < -0.3 is 14.9 Å². The Labute approximate surface area is 163 Å². The standard InChI is InChI=1S/C22H14F4O3/c1-10-18(27)5-3-13-20(11-2-4-19(28)15(23)6-11)14(9-29-22(10)13)12-7-16(24)21(26)17(25)8-12/h2-8,27-28H,9H2,1H3. The van der Waals surface area contributed by atoms with Gasteiger partial charge in [0, 0.05) is 16.7 Å². The Hall–Kier alpha value is -3.48. The molecule has 0 radical (unpaired) electrons. The van der Waals surface area contributed by atoms with E-state index in [1.807, 2.05) is 0 Å². The van der Waals surface area contributed by atoms with Gasteiger partial charge in [-0.3, -0.25) is 0 Å². The van der Waals surface area contributed by atoms with E-state index in [2.05, 4.69) is 0 Å². The summed E-state index contributed by atoms with van der Waals surface area (Å²) in [5.41, 5.74) is 1.92. The highest BCUT2D eigenvalue weighted by molar-refractivity contribution is 6.02. The fraction of sp³-hybridized carbons (Fsp3) is 0.0909. The van der Waals surface area contributed by atoms with Crippen molar-refractivity contribution in [2.75, 3.05) is 6.61 Å². The van der Waals surface area contributed by atoms with Crippen molar-refractivity contribution in [2.24, 2.45) is 0 Å². The second kappa shape index (κ2) is 6.84. The second-order valence-electron chi connectivity index (χ2n) is 6.65. The summed E-state index contributed by atoms with van der Waals surface area (Å²) in [5, 5.41) is 19.5. The number of aromatic hydroxyl groups is 2. The van der Waals surface area contributed by atoms with Crippen LogP contribution in [-0.4, -0.2) is 16.8 Å². The molecule has 0 spiro atoms. The van der Waals surface area contributed by atoms with E-state index >= 15 is 0 Å². The van der Waals surface area contributed by atoms with E-state index in [0.717, 1.165) is 24.3 Å². The van der Waals surface area contributed by atoms with Crippen molar-refractivity contribution >= 4 is 11.1 Å². The van der Waals surface area contributed by atoms with Gasteiger partial charge in [-0.1, -0.05) is 6.07 Å². The van der Waals surface area contributed by atoms with Crippen LogP contribution >= 0.6 is 0 Å². The minimum Gasteiger partial charge on any atom is -0.508 e. The van der Waals surface area contributed by atoms with Gasteiger partial charge in [0.05, 0.1) is 0 Å². The molecule has 148 valence electrons. The zero-order valence-electron chi connectivity index (χ0n) is 15.1. The zero-order chi connectivity index (χ0) is 20.9. The molecular formula is C22H14F4O3. The Bertz CT molecular complexity index is 1160. The first kappa shape index (κ1) is 18.9. The SMILES string of the molecule is Cc1c(O)ccc2c1OCC(c1cc(F)c(F)c(F)c1)=C2c1ccc(O)c(F)c1. The van der Waals surface area contributed by atoms with Crippen LogP contribution in [0.15, 0.2) is 42.5 Å². The fourth-order valence-electron chi connectivity index (χ4n) is 3.39. The van der Waals surface area contributed by atoms with E-state index in [0.29, 0.717) is 33.6 Å². The predicted octanol–water partition coefficient (Wildman–Crippen LogP) is 5.31. The van der Waals surface area contributed by atoms with Gasteiger partial charge in [-0.05, 0) is 60.0 Å². The van der Waals surface area contributed by atoms with Gasteiger partial charge in [0.25, 0.3) is 0 Å². The van der Waals surface area contributed by atoms with Gasteiger partial charge in [0.2, 0.25) is 0 Å². The maximum absolute atomic E-state index is 14.1. The summed E-state index contributed by atoms with van der Waals surface area (Å²) in [4.78, 5) is 0. The largest absolute Gasteiger partial charge is 0.508 e. The lowest BCUT2D eigenvalue weighted by Crippen LogP contribution is -2.13. The van der Waals surface area contributed by atoms with Crippen molar-refractivity contribution in [1.82, 2.24) is 0 Å². The van der Waals surface area contributed by atoms with Gasteiger partial charge >= 0.3 is 0 Å².